The van der Waals surface area contributed by atoms with Crippen LogP contribution < -0.4 is 5.32 Å². The van der Waals surface area contributed by atoms with E-state index in [0.29, 0.717) is 5.69 Å². The normalized spacial score (nSPS) is 19.7. The van der Waals surface area contributed by atoms with Gasteiger partial charge < -0.3 is 10.2 Å². The van der Waals surface area contributed by atoms with Gasteiger partial charge in [0.2, 0.25) is 0 Å². The maximum atomic E-state index is 12.1. The highest BCUT2D eigenvalue weighted by molar-refractivity contribution is 8.13. The molecule has 0 aromatic heterocycles. The molecule has 1 unspecified atom stereocenters. The number of nitrogens with zero attached hydrogens (tertiary/aromatic N) is 1. The van der Waals surface area contributed by atoms with Crippen molar-refractivity contribution in [3.05, 3.63) is 24.3 Å². The highest BCUT2D eigenvalue weighted by Gasteiger charge is 2.23. The Hall–Kier alpha value is -1.27. The number of hydrogen-bond acceptors (Lipinski definition) is 3. The molecule has 1 aromatic carbocycles. The van der Waals surface area contributed by atoms with Crippen molar-refractivity contribution in [2.45, 2.75) is 37.1 Å². The number of anilines is 1. The van der Waals surface area contributed by atoms with Gasteiger partial charge in [0, 0.05) is 29.0 Å². The molecule has 1 atom stereocenters. The van der Waals surface area contributed by atoms with Crippen molar-refractivity contribution in [1.82, 2.24) is 4.90 Å². The van der Waals surface area contributed by atoms with Gasteiger partial charge in [-0.15, -0.1) is 0 Å². The number of rotatable bonds is 2. The average Bonchev–Trinajstić information content (AvgIpc) is 2.38. The van der Waals surface area contributed by atoms with Crippen LogP contribution in [0, 0.1) is 0 Å². The van der Waals surface area contributed by atoms with Crippen molar-refractivity contribution < 1.29 is 13.2 Å². The number of likely N-dealkylation sites (tertiary alicyclic amines) is 1. The third-order valence-corrected chi connectivity index (χ3v) is 4.82. The maximum absolute atomic E-state index is 12.1. The first-order valence-corrected chi connectivity index (χ1v) is 8.81. The zero-order valence-corrected chi connectivity index (χ0v) is 12.7. The van der Waals surface area contributed by atoms with Crippen LogP contribution in [-0.2, 0) is 9.05 Å². The largest absolute Gasteiger partial charge is 0.322 e. The average molecular weight is 317 g/mol. The fourth-order valence-electron chi connectivity index (χ4n) is 2.30. The molecule has 1 aromatic rings. The van der Waals surface area contributed by atoms with E-state index in [9.17, 15) is 13.2 Å². The summed E-state index contributed by atoms with van der Waals surface area (Å²) in [7, 11) is 1.51. The summed E-state index contributed by atoms with van der Waals surface area (Å²) in [6, 6.07) is 5.88. The fourth-order valence-corrected chi connectivity index (χ4v) is 3.07. The monoisotopic (exact) mass is 316 g/mol. The second-order valence-electron chi connectivity index (χ2n) is 4.93. The van der Waals surface area contributed by atoms with Crippen molar-refractivity contribution in [3.63, 3.8) is 0 Å². The quantitative estimate of drug-likeness (QED) is 0.853. The Morgan fingerprint density at radius 3 is 2.50 bits per heavy atom. The molecule has 1 aliphatic heterocycles. The lowest BCUT2D eigenvalue weighted by molar-refractivity contribution is 0.170. The standard InChI is InChI=1S/C13H17ClN2O3S/c1-10-4-2-3-9-16(10)13(17)15-11-5-7-12(8-6-11)20(14,18)19/h5-8,10H,2-4,9H2,1H3,(H,15,17). The zero-order chi connectivity index (χ0) is 14.8. The van der Waals surface area contributed by atoms with E-state index in [-0.39, 0.29) is 17.0 Å². The minimum absolute atomic E-state index is 0.0171. The van der Waals surface area contributed by atoms with Gasteiger partial charge >= 0.3 is 6.03 Å². The summed E-state index contributed by atoms with van der Waals surface area (Å²) in [6.07, 6.45) is 3.17. The Bertz CT molecular complexity index is 586. The Balaban J connectivity index is 2.04. The van der Waals surface area contributed by atoms with Gasteiger partial charge in [0.15, 0.2) is 0 Å². The molecule has 7 heteroatoms. The summed E-state index contributed by atoms with van der Waals surface area (Å²) in [5.41, 5.74) is 0.553. The van der Waals surface area contributed by atoms with Crippen LogP contribution in [0.5, 0.6) is 0 Å². The van der Waals surface area contributed by atoms with Gasteiger partial charge in [0.25, 0.3) is 9.05 Å². The minimum atomic E-state index is -3.73. The number of carbonyl (C=O) groups excluding carboxylic acids is 1. The Morgan fingerprint density at radius 2 is 1.95 bits per heavy atom. The summed E-state index contributed by atoms with van der Waals surface area (Å²) >= 11 is 0. The highest BCUT2D eigenvalue weighted by Crippen LogP contribution is 2.20. The van der Waals surface area contributed by atoms with Crippen molar-refractivity contribution in [1.29, 1.82) is 0 Å². The third kappa shape index (κ3) is 3.64. The van der Waals surface area contributed by atoms with Gasteiger partial charge in [-0.1, -0.05) is 0 Å². The molecule has 2 amide bonds. The lowest BCUT2D eigenvalue weighted by Gasteiger charge is -2.33. The molecule has 20 heavy (non-hydrogen) atoms. The first-order chi connectivity index (χ1) is 9.38. The van der Waals surface area contributed by atoms with E-state index in [1.807, 2.05) is 6.92 Å². The molecule has 0 bridgehead atoms. The molecule has 2 rings (SSSR count). The zero-order valence-electron chi connectivity index (χ0n) is 11.2. The molecule has 1 aliphatic rings. The van der Waals surface area contributed by atoms with Crippen molar-refractivity contribution in [3.8, 4) is 0 Å². The van der Waals surface area contributed by atoms with Gasteiger partial charge in [-0.3, -0.25) is 0 Å². The fraction of sp³-hybridized carbons (Fsp3) is 0.462. The molecule has 1 saturated heterocycles. The third-order valence-electron chi connectivity index (χ3n) is 3.45. The predicted molar refractivity (Wildman–Crippen MR) is 78.5 cm³/mol. The summed E-state index contributed by atoms with van der Waals surface area (Å²) < 4.78 is 22.3. The molecule has 0 saturated carbocycles. The van der Waals surface area contributed by atoms with Gasteiger partial charge in [-0.05, 0) is 50.5 Å². The maximum Gasteiger partial charge on any atom is 0.322 e. The first kappa shape index (κ1) is 15.1. The molecular weight excluding hydrogens is 300 g/mol. The van der Waals surface area contributed by atoms with Crippen LogP contribution in [0.3, 0.4) is 0 Å². The summed E-state index contributed by atoms with van der Waals surface area (Å²) in [5.74, 6) is 0. The van der Waals surface area contributed by atoms with E-state index >= 15 is 0 Å². The van der Waals surface area contributed by atoms with Crippen LogP contribution >= 0.6 is 10.7 Å². The van der Waals surface area contributed by atoms with Gasteiger partial charge in [0.1, 0.15) is 0 Å². The van der Waals surface area contributed by atoms with Gasteiger partial charge in [0.05, 0.1) is 4.90 Å². The lowest BCUT2D eigenvalue weighted by atomic mass is 10.0. The molecule has 0 spiro atoms. The smallest absolute Gasteiger partial charge is 0.322 e. The summed E-state index contributed by atoms with van der Waals surface area (Å²) in [5, 5.41) is 2.77. The SMILES string of the molecule is CC1CCCCN1C(=O)Nc1ccc(S(=O)(=O)Cl)cc1. The van der Waals surface area contributed by atoms with Gasteiger partial charge in [-0.25, -0.2) is 13.2 Å². The number of halogens is 1. The van der Waals surface area contributed by atoms with Crippen LogP contribution in [-0.4, -0.2) is 31.9 Å². The number of carbonyl (C=O) groups is 1. The van der Waals surface area contributed by atoms with E-state index < -0.39 is 9.05 Å². The van der Waals surface area contributed by atoms with Crippen LogP contribution in [0.1, 0.15) is 26.2 Å². The predicted octanol–water partition coefficient (Wildman–Crippen LogP) is 3.02. The Morgan fingerprint density at radius 1 is 1.30 bits per heavy atom. The van der Waals surface area contributed by atoms with E-state index in [0.717, 1.165) is 25.8 Å². The molecule has 0 radical (unpaired) electrons. The molecule has 5 nitrogen and oxygen atoms in total. The number of urea groups is 1. The molecule has 110 valence electrons. The van der Waals surface area contributed by atoms with Crippen molar-refractivity contribution in [2.75, 3.05) is 11.9 Å². The topological polar surface area (TPSA) is 66.5 Å². The van der Waals surface area contributed by atoms with Crippen LogP contribution in [0.15, 0.2) is 29.2 Å². The van der Waals surface area contributed by atoms with Crippen molar-refractivity contribution in [2.24, 2.45) is 0 Å². The number of amides is 2. The minimum Gasteiger partial charge on any atom is -0.322 e. The van der Waals surface area contributed by atoms with Gasteiger partial charge in [-0.2, -0.15) is 0 Å². The second kappa shape index (κ2) is 6.01. The molecular formula is C13H17ClN2O3S. The number of piperidine rings is 1. The van der Waals surface area contributed by atoms with E-state index in [2.05, 4.69) is 5.32 Å². The lowest BCUT2D eigenvalue weighted by Crippen LogP contribution is -2.44. The number of hydrogen-bond donors (Lipinski definition) is 1. The van der Waals surface area contributed by atoms with E-state index in [4.69, 9.17) is 10.7 Å². The Kier molecular flexibility index (Phi) is 4.55. The number of nitrogens with one attached hydrogen (secondary N) is 1. The van der Waals surface area contributed by atoms with E-state index in [1.54, 1.807) is 4.90 Å². The summed E-state index contributed by atoms with van der Waals surface area (Å²) in [4.78, 5) is 13.9. The molecule has 0 aliphatic carbocycles. The van der Waals surface area contributed by atoms with Crippen LogP contribution in [0.4, 0.5) is 10.5 Å². The molecule has 1 N–H and O–H groups in total. The molecule has 1 heterocycles. The first-order valence-electron chi connectivity index (χ1n) is 6.50. The Labute approximate surface area is 123 Å². The highest BCUT2D eigenvalue weighted by atomic mass is 35.7. The number of benzene rings is 1. The van der Waals surface area contributed by atoms with Crippen LogP contribution in [0.2, 0.25) is 0 Å². The summed E-state index contributed by atoms with van der Waals surface area (Å²) in [6.45, 7) is 2.78. The van der Waals surface area contributed by atoms with E-state index in [1.165, 1.54) is 24.3 Å². The second-order valence-corrected chi connectivity index (χ2v) is 7.50. The van der Waals surface area contributed by atoms with Crippen molar-refractivity contribution >= 4 is 31.5 Å². The molecule has 1 fully saturated rings. The van der Waals surface area contributed by atoms with Crippen LogP contribution in [0.25, 0.3) is 0 Å².